The van der Waals surface area contributed by atoms with Crippen LogP contribution in [0, 0.1) is 5.92 Å². The van der Waals surface area contributed by atoms with Gasteiger partial charge in [0.05, 0.1) is 6.54 Å². The number of carbonyl (C=O) groups excluding carboxylic acids is 1. The summed E-state index contributed by atoms with van der Waals surface area (Å²) in [6, 6.07) is 0.317. The maximum Gasteiger partial charge on any atom is 0.225 e. The molecule has 6 nitrogen and oxygen atoms in total. The highest BCUT2D eigenvalue weighted by Gasteiger charge is 2.32. The fraction of sp³-hybridized carbons (Fsp3) is 0.889. The van der Waals surface area contributed by atoms with E-state index in [0.717, 1.165) is 64.5 Å². The Hall–Kier alpha value is -0.570. The molecule has 1 aliphatic heterocycles. The number of nitrogens with zero attached hydrogens (tertiary/aromatic N) is 3. The number of guanidine groups is 1. The minimum absolute atomic E-state index is 0. The fourth-order valence-corrected chi connectivity index (χ4v) is 3.51. The maximum absolute atomic E-state index is 12.5. The number of hydrogen-bond donors (Lipinski definition) is 2. The number of rotatable bonds is 7. The largest absolute Gasteiger partial charge is 0.357 e. The zero-order valence-corrected chi connectivity index (χ0v) is 18.4. The smallest absolute Gasteiger partial charge is 0.225 e. The first-order valence-corrected chi connectivity index (χ1v) is 9.66. The van der Waals surface area contributed by atoms with E-state index in [-0.39, 0.29) is 29.9 Å². The van der Waals surface area contributed by atoms with Crippen LogP contribution in [0.4, 0.5) is 0 Å². The number of amides is 1. The molecule has 7 heteroatoms. The van der Waals surface area contributed by atoms with E-state index in [2.05, 4.69) is 46.3 Å². The summed E-state index contributed by atoms with van der Waals surface area (Å²) in [5, 5.41) is 6.83. The molecular formula is C18H36IN5O. The number of nitrogens with one attached hydrogen (secondary N) is 2. The molecule has 1 amide bonds. The van der Waals surface area contributed by atoms with E-state index in [9.17, 15) is 4.79 Å². The van der Waals surface area contributed by atoms with Crippen molar-refractivity contribution in [2.75, 3.05) is 46.3 Å². The second-order valence-corrected chi connectivity index (χ2v) is 7.05. The first-order valence-electron chi connectivity index (χ1n) is 9.66. The second-order valence-electron chi connectivity index (χ2n) is 7.05. The Morgan fingerprint density at radius 2 is 1.96 bits per heavy atom. The minimum Gasteiger partial charge on any atom is -0.357 e. The van der Waals surface area contributed by atoms with Crippen molar-refractivity contribution in [3.05, 3.63) is 0 Å². The molecule has 0 spiro atoms. The third-order valence-electron chi connectivity index (χ3n) is 5.18. The topological polar surface area (TPSA) is 60.0 Å². The predicted octanol–water partition coefficient (Wildman–Crippen LogP) is 1.90. The third kappa shape index (κ3) is 7.29. The van der Waals surface area contributed by atoms with Crippen LogP contribution in [0.2, 0.25) is 0 Å². The van der Waals surface area contributed by atoms with Gasteiger partial charge in [0, 0.05) is 38.1 Å². The van der Waals surface area contributed by atoms with Crippen LogP contribution in [-0.2, 0) is 4.79 Å². The van der Waals surface area contributed by atoms with Crippen LogP contribution in [0.1, 0.15) is 46.0 Å². The standard InChI is InChI=1S/C18H35N5O.HI/c1-4-19-18(20-11-13-22(3)5-2)21-16-10-12-23(14-16)17(24)15-8-6-7-9-15;/h15-16H,4-14H2,1-3H3,(H2,19,20,21);1H. The molecule has 1 heterocycles. The monoisotopic (exact) mass is 465 g/mol. The molecule has 2 rings (SSSR count). The Morgan fingerprint density at radius 1 is 1.24 bits per heavy atom. The van der Waals surface area contributed by atoms with E-state index in [0.29, 0.717) is 11.9 Å². The summed E-state index contributed by atoms with van der Waals surface area (Å²) in [4.78, 5) is 21.5. The van der Waals surface area contributed by atoms with Crippen molar-refractivity contribution in [3.8, 4) is 0 Å². The first-order chi connectivity index (χ1) is 11.6. The average Bonchev–Trinajstić information content (AvgIpc) is 3.26. The lowest BCUT2D eigenvalue weighted by atomic mass is 10.1. The number of halogens is 1. The predicted molar refractivity (Wildman–Crippen MR) is 115 cm³/mol. The molecule has 0 radical (unpaired) electrons. The molecule has 0 bridgehead atoms. The molecule has 2 N–H and O–H groups in total. The lowest BCUT2D eigenvalue weighted by Crippen LogP contribution is -2.45. The molecule has 1 atom stereocenters. The molecule has 1 unspecified atom stereocenters. The normalized spacial score (nSPS) is 21.5. The molecule has 2 fully saturated rings. The summed E-state index contributed by atoms with van der Waals surface area (Å²) in [7, 11) is 2.11. The Kier molecular flexibility index (Phi) is 10.7. The second kappa shape index (κ2) is 11.9. The van der Waals surface area contributed by atoms with Gasteiger partial charge in [0.25, 0.3) is 0 Å². The molecule has 1 saturated heterocycles. The number of likely N-dealkylation sites (N-methyl/N-ethyl adjacent to an activating group) is 1. The van der Waals surface area contributed by atoms with Crippen molar-refractivity contribution in [1.29, 1.82) is 0 Å². The van der Waals surface area contributed by atoms with E-state index >= 15 is 0 Å². The Labute approximate surface area is 170 Å². The van der Waals surface area contributed by atoms with Crippen molar-refractivity contribution in [2.45, 2.75) is 52.0 Å². The zero-order chi connectivity index (χ0) is 17.4. The van der Waals surface area contributed by atoms with E-state index in [1.54, 1.807) is 0 Å². The Morgan fingerprint density at radius 3 is 2.60 bits per heavy atom. The van der Waals surface area contributed by atoms with Crippen LogP contribution < -0.4 is 10.6 Å². The van der Waals surface area contributed by atoms with Gasteiger partial charge in [-0.2, -0.15) is 0 Å². The van der Waals surface area contributed by atoms with Crippen LogP contribution in [0.25, 0.3) is 0 Å². The molecule has 0 aromatic carbocycles. The first kappa shape index (κ1) is 22.5. The summed E-state index contributed by atoms with van der Waals surface area (Å²) in [5.74, 6) is 1.54. The fourth-order valence-electron chi connectivity index (χ4n) is 3.51. The van der Waals surface area contributed by atoms with Crippen molar-refractivity contribution in [1.82, 2.24) is 20.4 Å². The Balaban J connectivity index is 0.00000312. The number of likely N-dealkylation sites (tertiary alicyclic amines) is 1. The summed E-state index contributed by atoms with van der Waals surface area (Å²) < 4.78 is 0. The number of carbonyl (C=O) groups is 1. The van der Waals surface area contributed by atoms with Crippen LogP contribution in [0.15, 0.2) is 4.99 Å². The van der Waals surface area contributed by atoms with Gasteiger partial charge in [0.2, 0.25) is 5.91 Å². The van der Waals surface area contributed by atoms with E-state index < -0.39 is 0 Å². The highest BCUT2D eigenvalue weighted by molar-refractivity contribution is 14.0. The summed E-state index contributed by atoms with van der Waals surface area (Å²) in [6.07, 6.45) is 5.62. The van der Waals surface area contributed by atoms with Crippen LogP contribution in [0.5, 0.6) is 0 Å². The van der Waals surface area contributed by atoms with E-state index in [1.807, 2.05) is 0 Å². The van der Waals surface area contributed by atoms with Gasteiger partial charge in [0.15, 0.2) is 5.96 Å². The maximum atomic E-state index is 12.5. The van der Waals surface area contributed by atoms with Crippen molar-refractivity contribution >= 4 is 35.8 Å². The number of hydrogen-bond acceptors (Lipinski definition) is 3. The van der Waals surface area contributed by atoms with E-state index in [1.165, 1.54) is 12.8 Å². The highest BCUT2D eigenvalue weighted by atomic mass is 127. The molecule has 0 aromatic heterocycles. The molecular weight excluding hydrogens is 429 g/mol. The van der Waals surface area contributed by atoms with Gasteiger partial charge < -0.3 is 20.4 Å². The van der Waals surface area contributed by atoms with Crippen molar-refractivity contribution < 1.29 is 4.79 Å². The van der Waals surface area contributed by atoms with Gasteiger partial charge in [-0.05, 0) is 39.8 Å². The summed E-state index contributed by atoms with van der Waals surface area (Å²) in [6.45, 7) is 9.58. The quantitative estimate of drug-likeness (QED) is 0.343. The van der Waals surface area contributed by atoms with Gasteiger partial charge in [-0.3, -0.25) is 9.79 Å². The van der Waals surface area contributed by atoms with Gasteiger partial charge in [0.1, 0.15) is 0 Å². The van der Waals surface area contributed by atoms with Crippen LogP contribution in [0.3, 0.4) is 0 Å². The van der Waals surface area contributed by atoms with Crippen LogP contribution >= 0.6 is 24.0 Å². The lowest BCUT2D eigenvalue weighted by Gasteiger charge is -2.21. The van der Waals surface area contributed by atoms with Gasteiger partial charge in [-0.25, -0.2) is 0 Å². The molecule has 1 saturated carbocycles. The average molecular weight is 465 g/mol. The van der Waals surface area contributed by atoms with Gasteiger partial charge in [-0.15, -0.1) is 24.0 Å². The minimum atomic E-state index is 0. The van der Waals surface area contributed by atoms with Crippen molar-refractivity contribution in [3.63, 3.8) is 0 Å². The SMILES string of the molecule is CCNC(=NCCN(C)CC)NC1CCN(C(=O)C2CCCC2)C1.I. The summed E-state index contributed by atoms with van der Waals surface area (Å²) >= 11 is 0. The van der Waals surface area contributed by atoms with Crippen LogP contribution in [-0.4, -0.2) is 74.0 Å². The van der Waals surface area contributed by atoms with Gasteiger partial charge in [-0.1, -0.05) is 19.8 Å². The van der Waals surface area contributed by atoms with E-state index in [4.69, 9.17) is 0 Å². The molecule has 2 aliphatic rings. The van der Waals surface area contributed by atoms with Crippen molar-refractivity contribution in [2.24, 2.45) is 10.9 Å². The van der Waals surface area contributed by atoms with Gasteiger partial charge >= 0.3 is 0 Å². The Bertz CT molecular complexity index is 426. The molecule has 146 valence electrons. The molecule has 1 aliphatic carbocycles. The molecule has 0 aromatic rings. The molecule has 25 heavy (non-hydrogen) atoms. The number of aliphatic imine (C=N–C) groups is 1. The highest BCUT2D eigenvalue weighted by Crippen LogP contribution is 2.27. The lowest BCUT2D eigenvalue weighted by molar-refractivity contribution is -0.134. The third-order valence-corrected chi connectivity index (χ3v) is 5.18. The summed E-state index contributed by atoms with van der Waals surface area (Å²) in [5.41, 5.74) is 0. The zero-order valence-electron chi connectivity index (χ0n) is 16.1.